The number of aromatic nitrogens is 1. The molecule has 0 unspecified atom stereocenters. The molecular formula is C20H23FN2O2. The fraction of sp³-hybridized carbons (Fsp3) is 0.400. The summed E-state index contributed by atoms with van der Waals surface area (Å²) >= 11 is 0. The average molecular weight is 342 g/mol. The Bertz CT molecular complexity index is 668. The molecule has 0 aliphatic carbocycles. The van der Waals surface area contributed by atoms with Gasteiger partial charge in [-0.05, 0) is 55.0 Å². The number of likely N-dealkylation sites (tertiary alicyclic amines) is 1. The molecule has 0 N–H and O–H groups in total. The Morgan fingerprint density at radius 1 is 1.20 bits per heavy atom. The number of carbonyl (C=O) groups excluding carboxylic acids is 1. The van der Waals surface area contributed by atoms with E-state index in [1.54, 1.807) is 24.5 Å². The third kappa shape index (κ3) is 5.28. The summed E-state index contributed by atoms with van der Waals surface area (Å²) in [5.74, 6) is 1.24. The predicted octanol–water partition coefficient (Wildman–Crippen LogP) is 3.47. The molecule has 0 radical (unpaired) electrons. The molecule has 132 valence electrons. The van der Waals surface area contributed by atoms with Crippen LogP contribution in [0, 0.1) is 11.7 Å². The number of rotatable bonds is 6. The molecule has 2 aromatic rings. The molecule has 1 aromatic carbocycles. The van der Waals surface area contributed by atoms with Crippen LogP contribution in [0.4, 0.5) is 4.39 Å². The summed E-state index contributed by atoms with van der Waals surface area (Å²) in [5.41, 5.74) is 0.860. The van der Waals surface area contributed by atoms with Gasteiger partial charge in [-0.1, -0.05) is 12.1 Å². The molecule has 25 heavy (non-hydrogen) atoms. The minimum Gasteiger partial charge on any atom is -0.492 e. The quantitative estimate of drug-likeness (QED) is 0.807. The number of hydrogen-bond acceptors (Lipinski definition) is 3. The molecule has 4 nitrogen and oxygen atoms in total. The van der Waals surface area contributed by atoms with E-state index in [0.717, 1.165) is 43.7 Å². The zero-order chi connectivity index (χ0) is 17.5. The highest BCUT2D eigenvalue weighted by molar-refractivity contribution is 5.78. The number of pyridine rings is 1. The Kier molecular flexibility index (Phi) is 5.99. The van der Waals surface area contributed by atoms with Crippen LogP contribution in [0.3, 0.4) is 0 Å². The summed E-state index contributed by atoms with van der Waals surface area (Å²) in [6, 6.07) is 9.92. The first-order valence-corrected chi connectivity index (χ1v) is 8.76. The minimum atomic E-state index is -0.273. The van der Waals surface area contributed by atoms with Crippen molar-refractivity contribution in [1.29, 1.82) is 0 Å². The maximum atomic E-state index is 12.9. The van der Waals surface area contributed by atoms with E-state index in [9.17, 15) is 9.18 Å². The van der Waals surface area contributed by atoms with Gasteiger partial charge in [0.2, 0.25) is 5.91 Å². The second-order valence-electron chi connectivity index (χ2n) is 6.45. The molecule has 0 saturated carbocycles. The zero-order valence-electron chi connectivity index (χ0n) is 14.2. The summed E-state index contributed by atoms with van der Waals surface area (Å²) in [6.45, 7) is 2.26. The molecule has 1 amide bonds. The molecule has 1 saturated heterocycles. The standard InChI is InChI=1S/C20H23FN2O2/c21-18-5-3-17(4-6-18)14-20(24)23-11-7-16(8-12-23)9-13-25-19-2-1-10-22-15-19/h1-6,10,15-16H,7-9,11-14H2. The van der Waals surface area contributed by atoms with Gasteiger partial charge in [0.25, 0.3) is 0 Å². The Morgan fingerprint density at radius 3 is 2.64 bits per heavy atom. The normalized spacial score (nSPS) is 15.2. The average Bonchev–Trinajstić information content (AvgIpc) is 2.65. The van der Waals surface area contributed by atoms with Crippen molar-refractivity contribution in [3.63, 3.8) is 0 Å². The van der Waals surface area contributed by atoms with Gasteiger partial charge in [-0.2, -0.15) is 0 Å². The molecular weight excluding hydrogens is 319 g/mol. The topological polar surface area (TPSA) is 42.4 Å². The van der Waals surface area contributed by atoms with Crippen molar-refractivity contribution < 1.29 is 13.9 Å². The highest BCUT2D eigenvalue weighted by Crippen LogP contribution is 2.21. The SMILES string of the molecule is O=C(Cc1ccc(F)cc1)N1CCC(CCOc2cccnc2)CC1. The van der Waals surface area contributed by atoms with Gasteiger partial charge in [0.1, 0.15) is 11.6 Å². The van der Waals surface area contributed by atoms with Crippen LogP contribution in [0.15, 0.2) is 48.8 Å². The highest BCUT2D eigenvalue weighted by atomic mass is 19.1. The summed E-state index contributed by atoms with van der Waals surface area (Å²) < 4.78 is 18.6. The van der Waals surface area contributed by atoms with Crippen molar-refractivity contribution in [2.45, 2.75) is 25.7 Å². The van der Waals surface area contributed by atoms with Crippen molar-refractivity contribution in [3.8, 4) is 5.75 Å². The summed E-state index contributed by atoms with van der Waals surface area (Å²) in [4.78, 5) is 18.3. The Hall–Kier alpha value is -2.43. The third-order valence-corrected chi connectivity index (χ3v) is 4.67. The van der Waals surface area contributed by atoms with Crippen LogP contribution in [-0.4, -0.2) is 35.5 Å². The van der Waals surface area contributed by atoms with Crippen LogP contribution in [0.2, 0.25) is 0 Å². The molecule has 5 heteroatoms. The number of amides is 1. The fourth-order valence-corrected chi connectivity index (χ4v) is 3.14. The van der Waals surface area contributed by atoms with Gasteiger partial charge in [0.15, 0.2) is 0 Å². The Balaban J connectivity index is 1.37. The van der Waals surface area contributed by atoms with Crippen LogP contribution in [0.25, 0.3) is 0 Å². The predicted molar refractivity (Wildman–Crippen MR) is 93.8 cm³/mol. The summed E-state index contributed by atoms with van der Waals surface area (Å²) in [7, 11) is 0. The molecule has 1 aromatic heterocycles. The van der Waals surface area contributed by atoms with E-state index in [4.69, 9.17) is 4.74 Å². The maximum absolute atomic E-state index is 12.9. The molecule has 0 atom stereocenters. The lowest BCUT2D eigenvalue weighted by atomic mass is 9.93. The fourth-order valence-electron chi connectivity index (χ4n) is 3.14. The van der Waals surface area contributed by atoms with E-state index in [2.05, 4.69) is 4.98 Å². The first-order valence-electron chi connectivity index (χ1n) is 8.76. The number of nitrogens with zero attached hydrogens (tertiary/aromatic N) is 2. The van der Waals surface area contributed by atoms with E-state index in [-0.39, 0.29) is 11.7 Å². The van der Waals surface area contributed by atoms with Gasteiger partial charge in [0, 0.05) is 19.3 Å². The second-order valence-corrected chi connectivity index (χ2v) is 6.45. The van der Waals surface area contributed by atoms with E-state index in [1.807, 2.05) is 17.0 Å². The van der Waals surface area contributed by atoms with Gasteiger partial charge >= 0.3 is 0 Å². The van der Waals surface area contributed by atoms with Crippen molar-refractivity contribution in [3.05, 3.63) is 60.2 Å². The van der Waals surface area contributed by atoms with Crippen LogP contribution < -0.4 is 4.74 Å². The van der Waals surface area contributed by atoms with Crippen molar-refractivity contribution in [2.75, 3.05) is 19.7 Å². The molecule has 2 heterocycles. The van der Waals surface area contributed by atoms with Crippen LogP contribution >= 0.6 is 0 Å². The summed E-state index contributed by atoms with van der Waals surface area (Å²) in [5, 5.41) is 0. The van der Waals surface area contributed by atoms with Gasteiger partial charge in [-0.3, -0.25) is 9.78 Å². The highest BCUT2D eigenvalue weighted by Gasteiger charge is 2.22. The molecule has 1 aliphatic heterocycles. The van der Waals surface area contributed by atoms with Crippen molar-refractivity contribution >= 4 is 5.91 Å². The van der Waals surface area contributed by atoms with E-state index >= 15 is 0 Å². The van der Waals surface area contributed by atoms with E-state index in [1.165, 1.54) is 12.1 Å². The number of piperidine rings is 1. The molecule has 1 aliphatic rings. The lowest BCUT2D eigenvalue weighted by molar-refractivity contribution is -0.131. The Labute approximate surface area is 147 Å². The minimum absolute atomic E-state index is 0.122. The monoisotopic (exact) mass is 342 g/mol. The molecule has 0 bridgehead atoms. The third-order valence-electron chi connectivity index (χ3n) is 4.67. The molecule has 0 spiro atoms. The van der Waals surface area contributed by atoms with Gasteiger partial charge < -0.3 is 9.64 Å². The lowest BCUT2D eigenvalue weighted by Gasteiger charge is -2.32. The number of ether oxygens (including phenoxy) is 1. The molecule has 1 fully saturated rings. The summed E-state index contributed by atoms with van der Waals surface area (Å²) in [6.07, 6.45) is 6.79. The molecule has 3 rings (SSSR count). The van der Waals surface area contributed by atoms with Crippen molar-refractivity contribution in [2.24, 2.45) is 5.92 Å². The number of hydrogen-bond donors (Lipinski definition) is 0. The van der Waals surface area contributed by atoms with E-state index < -0.39 is 0 Å². The number of halogens is 1. The van der Waals surface area contributed by atoms with Gasteiger partial charge in [0.05, 0.1) is 19.2 Å². The first kappa shape index (κ1) is 17.4. The lowest BCUT2D eigenvalue weighted by Crippen LogP contribution is -2.39. The number of benzene rings is 1. The largest absolute Gasteiger partial charge is 0.492 e. The van der Waals surface area contributed by atoms with Gasteiger partial charge in [-0.25, -0.2) is 4.39 Å². The van der Waals surface area contributed by atoms with Crippen LogP contribution in [0.5, 0.6) is 5.75 Å². The van der Waals surface area contributed by atoms with Crippen LogP contribution in [-0.2, 0) is 11.2 Å². The zero-order valence-corrected chi connectivity index (χ0v) is 14.2. The maximum Gasteiger partial charge on any atom is 0.226 e. The van der Waals surface area contributed by atoms with Crippen LogP contribution in [0.1, 0.15) is 24.8 Å². The smallest absolute Gasteiger partial charge is 0.226 e. The Morgan fingerprint density at radius 2 is 1.96 bits per heavy atom. The second kappa shape index (κ2) is 8.60. The van der Waals surface area contributed by atoms with Gasteiger partial charge in [-0.15, -0.1) is 0 Å². The van der Waals surface area contributed by atoms with E-state index in [0.29, 0.717) is 18.9 Å². The van der Waals surface area contributed by atoms with Crippen molar-refractivity contribution in [1.82, 2.24) is 9.88 Å². The first-order chi connectivity index (χ1) is 12.2. The number of carbonyl (C=O) groups is 1.